The number of nitrogens with two attached hydrogens (primary N) is 1. The van der Waals surface area contributed by atoms with E-state index in [2.05, 4.69) is 0 Å². The Hall–Kier alpha value is -1.97. The molecule has 0 saturated carbocycles. The molecule has 0 aromatic heterocycles. The van der Waals surface area contributed by atoms with Crippen LogP contribution in [0.15, 0.2) is 30.3 Å². The first-order valence-corrected chi connectivity index (χ1v) is 8.61. The number of likely N-dealkylation sites (tertiary alicyclic amines) is 1. The standard InChI is InChI=1S/C14H17N3O5S/c15-10(8-9-4-2-1-3-5-9)13(18)16-7-6-11-12(16)14(19)17(11)23(20,21)22/h1-5,10-12H,6-8,15H2,(H,20,21,22)/t10-,11-,12+/m1/s1. The molecular weight excluding hydrogens is 322 g/mol. The minimum Gasteiger partial charge on any atom is -0.327 e. The molecule has 3 rings (SSSR count). The number of β-lactam (4-membered cyclic amide) rings is 1. The van der Waals surface area contributed by atoms with Gasteiger partial charge in [-0.1, -0.05) is 30.3 Å². The minimum atomic E-state index is -4.57. The Morgan fingerprint density at radius 3 is 2.61 bits per heavy atom. The number of hydrogen-bond donors (Lipinski definition) is 2. The molecule has 2 fully saturated rings. The van der Waals surface area contributed by atoms with Crippen molar-refractivity contribution < 1.29 is 22.6 Å². The Balaban J connectivity index is 1.69. The fourth-order valence-electron chi connectivity index (χ4n) is 3.23. The number of hydrogen-bond acceptors (Lipinski definition) is 5. The van der Waals surface area contributed by atoms with Gasteiger partial charge in [0.2, 0.25) is 5.91 Å². The molecule has 2 aliphatic rings. The molecule has 8 nitrogen and oxygen atoms in total. The number of fused-ring (bicyclic) bond motifs is 1. The maximum Gasteiger partial charge on any atom is 0.362 e. The van der Waals surface area contributed by atoms with Gasteiger partial charge in [0.25, 0.3) is 5.91 Å². The van der Waals surface area contributed by atoms with Crippen LogP contribution in [0.4, 0.5) is 0 Å². The fourth-order valence-corrected chi connectivity index (χ4v) is 4.13. The summed E-state index contributed by atoms with van der Waals surface area (Å²) in [4.78, 5) is 25.7. The quantitative estimate of drug-likeness (QED) is 0.546. The summed E-state index contributed by atoms with van der Waals surface area (Å²) in [7, 11) is -4.57. The van der Waals surface area contributed by atoms with Gasteiger partial charge in [-0.15, -0.1) is 0 Å². The fraction of sp³-hybridized carbons (Fsp3) is 0.429. The monoisotopic (exact) mass is 339 g/mol. The molecule has 0 aliphatic carbocycles. The van der Waals surface area contributed by atoms with Gasteiger partial charge in [0.1, 0.15) is 6.04 Å². The van der Waals surface area contributed by atoms with Crippen LogP contribution in [0, 0.1) is 0 Å². The highest BCUT2D eigenvalue weighted by Gasteiger charge is 2.60. The second-order valence-electron chi connectivity index (χ2n) is 5.74. The van der Waals surface area contributed by atoms with E-state index in [1.165, 1.54) is 4.90 Å². The van der Waals surface area contributed by atoms with Crippen molar-refractivity contribution in [3.8, 4) is 0 Å². The van der Waals surface area contributed by atoms with E-state index in [0.29, 0.717) is 17.1 Å². The van der Waals surface area contributed by atoms with Gasteiger partial charge in [0, 0.05) is 6.54 Å². The van der Waals surface area contributed by atoms with Crippen molar-refractivity contribution in [3.05, 3.63) is 35.9 Å². The van der Waals surface area contributed by atoms with Crippen LogP contribution < -0.4 is 5.73 Å². The molecule has 1 aromatic carbocycles. The lowest BCUT2D eigenvalue weighted by atomic mass is 9.99. The topological polar surface area (TPSA) is 121 Å². The third-order valence-electron chi connectivity index (χ3n) is 4.28. The van der Waals surface area contributed by atoms with E-state index in [0.717, 1.165) is 5.56 Å². The van der Waals surface area contributed by atoms with Gasteiger partial charge in [-0.2, -0.15) is 8.42 Å². The molecule has 9 heteroatoms. The summed E-state index contributed by atoms with van der Waals surface area (Å²) in [5, 5.41) is 0. The van der Waals surface area contributed by atoms with Crippen LogP contribution in [0.2, 0.25) is 0 Å². The van der Waals surface area contributed by atoms with Gasteiger partial charge >= 0.3 is 10.3 Å². The lowest BCUT2D eigenvalue weighted by molar-refractivity contribution is -0.152. The van der Waals surface area contributed by atoms with E-state index < -0.39 is 34.3 Å². The Morgan fingerprint density at radius 1 is 1.35 bits per heavy atom. The number of carbonyl (C=O) groups excluding carboxylic acids is 2. The van der Waals surface area contributed by atoms with Gasteiger partial charge in [0.15, 0.2) is 0 Å². The average molecular weight is 339 g/mol. The van der Waals surface area contributed by atoms with Crippen molar-refractivity contribution in [2.75, 3.05) is 6.54 Å². The van der Waals surface area contributed by atoms with Crippen LogP contribution in [0.1, 0.15) is 12.0 Å². The van der Waals surface area contributed by atoms with Crippen molar-refractivity contribution >= 4 is 22.1 Å². The third kappa shape index (κ3) is 2.71. The average Bonchev–Trinajstić information content (AvgIpc) is 2.84. The highest BCUT2D eigenvalue weighted by molar-refractivity contribution is 7.84. The molecule has 1 aromatic rings. The lowest BCUT2D eigenvalue weighted by Gasteiger charge is -2.42. The molecular formula is C14H17N3O5S. The molecule has 2 amide bonds. The first-order valence-electron chi connectivity index (χ1n) is 7.21. The van der Waals surface area contributed by atoms with E-state index in [1.54, 1.807) is 0 Å². The Morgan fingerprint density at radius 2 is 2.00 bits per heavy atom. The second-order valence-corrected chi connectivity index (χ2v) is 7.03. The first kappa shape index (κ1) is 15.9. The summed E-state index contributed by atoms with van der Waals surface area (Å²) in [5.74, 6) is -1.17. The molecule has 0 unspecified atom stereocenters. The molecule has 0 bridgehead atoms. The zero-order chi connectivity index (χ0) is 16.8. The first-order chi connectivity index (χ1) is 10.8. The zero-order valence-electron chi connectivity index (χ0n) is 12.2. The van der Waals surface area contributed by atoms with Crippen molar-refractivity contribution in [2.45, 2.75) is 31.0 Å². The maximum atomic E-state index is 12.5. The molecule has 23 heavy (non-hydrogen) atoms. The Bertz CT molecular complexity index is 736. The summed E-state index contributed by atoms with van der Waals surface area (Å²) in [6.45, 7) is 0.244. The molecule has 3 N–H and O–H groups in total. The normalized spacial score (nSPS) is 25.0. The van der Waals surface area contributed by atoms with E-state index in [1.807, 2.05) is 30.3 Å². The van der Waals surface area contributed by atoms with Crippen LogP contribution in [0.5, 0.6) is 0 Å². The van der Waals surface area contributed by atoms with Gasteiger partial charge in [0.05, 0.1) is 12.1 Å². The van der Waals surface area contributed by atoms with Gasteiger partial charge in [-0.25, -0.2) is 4.31 Å². The number of rotatable bonds is 4. The molecule has 124 valence electrons. The Labute approximate surface area is 133 Å². The van der Waals surface area contributed by atoms with Crippen LogP contribution in [0.3, 0.4) is 0 Å². The maximum absolute atomic E-state index is 12.5. The zero-order valence-corrected chi connectivity index (χ0v) is 13.0. The molecule has 3 atom stereocenters. The van der Waals surface area contributed by atoms with E-state index in [4.69, 9.17) is 10.3 Å². The van der Waals surface area contributed by atoms with E-state index in [9.17, 15) is 18.0 Å². The molecule has 2 aliphatic heterocycles. The van der Waals surface area contributed by atoms with Gasteiger partial charge < -0.3 is 10.6 Å². The minimum absolute atomic E-state index is 0.244. The van der Waals surface area contributed by atoms with Gasteiger partial charge in [-0.3, -0.25) is 14.1 Å². The van der Waals surface area contributed by atoms with Crippen molar-refractivity contribution in [1.82, 2.24) is 9.21 Å². The van der Waals surface area contributed by atoms with Crippen molar-refractivity contribution in [3.63, 3.8) is 0 Å². The summed E-state index contributed by atoms with van der Waals surface area (Å²) in [5.41, 5.74) is 6.85. The van der Waals surface area contributed by atoms with E-state index in [-0.39, 0.29) is 12.5 Å². The smallest absolute Gasteiger partial charge is 0.327 e. The second kappa shape index (κ2) is 5.59. The number of nitrogens with zero attached hydrogens (tertiary/aromatic N) is 2. The predicted molar refractivity (Wildman–Crippen MR) is 80.4 cm³/mol. The number of carbonyl (C=O) groups is 2. The SMILES string of the molecule is N[C@H](Cc1ccccc1)C(=O)N1CC[C@@H]2[C@H]1C(=O)N2S(=O)(=O)O. The third-order valence-corrected chi connectivity index (χ3v) is 5.23. The van der Waals surface area contributed by atoms with Crippen LogP contribution in [0.25, 0.3) is 0 Å². The largest absolute Gasteiger partial charge is 0.362 e. The molecule has 2 saturated heterocycles. The summed E-state index contributed by atoms with van der Waals surface area (Å²) >= 11 is 0. The lowest BCUT2D eigenvalue weighted by Crippen LogP contribution is -2.69. The highest BCUT2D eigenvalue weighted by atomic mass is 32.2. The molecule has 0 spiro atoms. The van der Waals surface area contributed by atoms with E-state index >= 15 is 0 Å². The summed E-state index contributed by atoms with van der Waals surface area (Å²) in [6.07, 6.45) is 0.643. The highest BCUT2D eigenvalue weighted by Crippen LogP contribution is 2.35. The summed E-state index contributed by atoms with van der Waals surface area (Å²) in [6, 6.07) is 6.93. The van der Waals surface area contributed by atoms with Crippen LogP contribution >= 0.6 is 0 Å². The molecule has 0 radical (unpaired) electrons. The predicted octanol–water partition coefficient (Wildman–Crippen LogP) is -0.829. The van der Waals surface area contributed by atoms with Crippen LogP contribution in [-0.2, 0) is 26.3 Å². The van der Waals surface area contributed by atoms with Gasteiger partial charge in [-0.05, 0) is 18.4 Å². The van der Waals surface area contributed by atoms with Crippen molar-refractivity contribution in [2.24, 2.45) is 5.73 Å². The summed E-state index contributed by atoms with van der Waals surface area (Å²) < 4.78 is 31.8. The van der Waals surface area contributed by atoms with Crippen LogP contribution in [-0.4, -0.2) is 58.7 Å². The van der Waals surface area contributed by atoms with Crippen molar-refractivity contribution in [1.29, 1.82) is 0 Å². The molecule has 2 heterocycles. The Kier molecular flexibility index (Phi) is 3.86. The number of amides is 2. The number of benzene rings is 1.